The van der Waals surface area contributed by atoms with Gasteiger partial charge in [0.2, 0.25) is 0 Å². The van der Waals surface area contributed by atoms with E-state index >= 15 is 0 Å². The maximum Gasteiger partial charge on any atom is 0.103 e. The van der Waals surface area contributed by atoms with Crippen molar-refractivity contribution in [2.45, 2.75) is 43.9 Å². The van der Waals surface area contributed by atoms with Crippen LogP contribution in [0.4, 0.5) is 0 Å². The van der Waals surface area contributed by atoms with Crippen LogP contribution in [0, 0.1) is 0 Å². The van der Waals surface area contributed by atoms with Crippen LogP contribution >= 0.6 is 35.1 Å². The summed E-state index contributed by atoms with van der Waals surface area (Å²) < 4.78 is 3.64. The molecule has 0 saturated carbocycles. The molecule has 0 amide bonds. The van der Waals surface area contributed by atoms with E-state index in [1.165, 1.54) is 0 Å². The summed E-state index contributed by atoms with van der Waals surface area (Å²) in [4.78, 5) is 4.57. The molecule has 0 radical (unpaired) electrons. The van der Waals surface area contributed by atoms with Crippen LogP contribution < -0.4 is 0 Å². The minimum absolute atomic E-state index is 0.200. The van der Waals surface area contributed by atoms with Crippen LogP contribution in [-0.4, -0.2) is 17.9 Å². The van der Waals surface area contributed by atoms with Crippen LogP contribution in [0.3, 0.4) is 0 Å². The van der Waals surface area contributed by atoms with Gasteiger partial charge in [0.1, 0.15) is 11.9 Å². The largest absolute Gasteiger partial charge is 0.204 e. The lowest BCUT2D eigenvalue weighted by Crippen LogP contribution is -1.99. The van der Waals surface area contributed by atoms with Crippen LogP contribution in [-0.2, 0) is 19.4 Å². The van der Waals surface area contributed by atoms with Crippen LogP contribution in [0.2, 0.25) is 0 Å². The Balaban J connectivity index is 2.98. The summed E-state index contributed by atoms with van der Waals surface area (Å²) in [6.07, 6.45) is 6.03. The topological polar surface area (TPSA) is 36.9 Å². The Morgan fingerprint density at radius 3 is 2.38 bits per heavy atom. The summed E-state index contributed by atoms with van der Waals surface area (Å²) in [6.45, 7) is 0.437. The van der Waals surface area contributed by atoms with Gasteiger partial charge >= 0.3 is 0 Å². The van der Waals surface area contributed by atoms with Crippen molar-refractivity contribution < 1.29 is 19.4 Å². The van der Waals surface area contributed by atoms with Gasteiger partial charge in [0.25, 0.3) is 0 Å². The van der Waals surface area contributed by atoms with Gasteiger partial charge in [-0.2, -0.15) is 0 Å². The molecule has 0 heterocycles. The highest BCUT2D eigenvalue weighted by molar-refractivity contribution is 6.22. The maximum atomic E-state index is 6.01. The van der Waals surface area contributed by atoms with E-state index < -0.39 is 0 Å². The van der Waals surface area contributed by atoms with E-state index in [4.69, 9.17) is 23.2 Å². The van der Waals surface area contributed by atoms with E-state index in [9.17, 15) is 0 Å². The number of hydrogen-bond donors (Lipinski definition) is 0. The van der Waals surface area contributed by atoms with Crippen molar-refractivity contribution in [3.63, 3.8) is 0 Å². The zero-order valence-corrected chi connectivity index (χ0v) is 11.3. The monoisotopic (exact) mass is 294 g/mol. The molecule has 0 fully saturated rings. The predicted molar refractivity (Wildman–Crippen MR) is 63.1 cm³/mol. The van der Waals surface area contributed by atoms with Crippen molar-refractivity contribution in [1.82, 2.24) is 0 Å². The molecule has 0 aromatic carbocycles. The van der Waals surface area contributed by atoms with Crippen LogP contribution in [0.15, 0.2) is 0 Å². The van der Waals surface area contributed by atoms with Gasteiger partial charge in [0.05, 0.1) is 6.61 Å². The summed E-state index contributed by atoms with van der Waals surface area (Å²) >= 11 is 16.3. The van der Waals surface area contributed by atoms with Crippen molar-refractivity contribution in [3.05, 3.63) is 0 Å². The third-order valence-electron chi connectivity index (χ3n) is 2.02. The highest BCUT2D eigenvalue weighted by Gasteiger charge is 2.02. The van der Waals surface area contributed by atoms with Crippen LogP contribution in [0.25, 0.3) is 0 Å². The number of hydrogen-bond acceptors (Lipinski definition) is 4. The van der Waals surface area contributed by atoms with Crippen molar-refractivity contribution in [1.29, 1.82) is 0 Å². The average molecular weight is 296 g/mol. The smallest absolute Gasteiger partial charge is 0.103 e. The highest BCUT2D eigenvalue weighted by atomic mass is 35.5. The number of alkyl halides is 2. The minimum Gasteiger partial charge on any atom is -0.204 e. The van der Waals surface area contributed by atoms with Crippen molar-refractivity contribution in [2.24, 2.45) is 0 Å². The summed E-state index contributed by atoms with van der Waals surface area (Å²) in [5.41, 5.74) is 0. The second-order valence-corrected chi connectivity index (χ2v) is 4.42. The third-order valence-corrected chi connectivity index (χ3v) is 2.73. The molecule has 0 N–H and O–H groups in total. The fourth-order valence-electron chi connectivity index (χ4n) is 1.21. The van der Waals surface area contributed by atoms with Crippen LogP contribution in [0.5, 0.6) is 0 Å². The quantitative estimate of drug-likeness (QED) is 0.235. The fraction of sp³-hybridized carbons (Fsp3) is 1.00. The zero-order chi connectivity index (χ0) is 12.1. The Morgan fingerprint density at radius 2 is 1.69 bits per heavy atom. The SMILES string of the molecule is ClCCC(Cl)CCCCCCOOOOCl. The first-order chi connectivity index (χ1) is 7.81. The van der Waals surface area contributed by atoms with Gasteiger partial charge in [-0.25, -0.2) is 4.89 Å². The maximum absolute atomic E-state index is 6.01. The van der Waals surface area contributed by atoms with Gasteiger partial charge in [-0.3, -0.25) is 0 Å². The lowest BCUT2D eigenvalue weighted by atomic mass is 10.1. The van der Waals surface area contributed by atoms with Gasteiger partial charge < -0.3 is 0 Å². The molecule has 0 aromatic rings. The van der Waals surface area contributed by atoms with E-state index in [2.05, 4.69) is 31.3 Å². The Bertz CT molecular complexity index is 140. The van der Waals surface area contributed by atoms with Crippen molar-refractivity contribution in [2.75, 3.05) is 12.5 Å². The van der Waals surface area contributed by atoms with Crippen molar-refractivity contribution in [3.8, 4) is 0 Å². The van der Waals surface area contributed by atoms with Gasteiger partial charge in [-0.05, 0) is 29.3 Å². The van der Waals surface area contributed by atoms with Crippen molar-refractivity contribution >= 4 is 35.1 Å². The first kappa shape index (κ1) is 16.7. The zero-order valence-electron chi connectivity index (χ0n) is 9.00. The molecule has 98 valence electrons. The molecule has 0 saturated heterocycles. The molecule has 0 aliphatic heterocycles. The highest BCUT2D eigenvalue weighted by Crippen LogP contribution is 2.13. The molecule has 16 heavy (non-hydrogen) atoms. The van der Waals surface area contributed by atoms with Gasteiger partial charge in [0, 0.05) is 11.3 Å². The molecular weight excluding hydrogens is 278 g/mol. The summed E-state index contributed by atoms with van der Waals surface area (Å²) in [7, 11) is 0. The number of rotatable bonds is 12. The van der Waals surface area contributed by atoms with Gasteiger partial charge in [-0.15, -0.1) is 23.2 Å². The lowest BCUT2D eigenvalue weighted by Gasteiger charge is -2.06. The first-order valence-corrected chi connectivity index (χ1v) is 6.52. The number of unbranched alkanes of at least 4 members (excludes halogenated alkanes) is 3. The molecule has 0 aliphatic rings. The normalized spacial score (nSPS) is 12.9. The first-order valence-electron chi connectivity index (χ1n) is 5.24. The van der Waals surface area contributed by atoms with E-state index in [1.54, 1.807) is 0 Å². The standard InChI is InChI=1S/C9H17Cl3O4/c10-7-6-9(11)5-3-1-2-4-8-13-15-16-14-12/h9H,1-8H2. The average Bonchev–Trinajstić information content (AvgIpc) is 2.27. The molecule has 4 nitrogen and oxygen atoms in total. The summed E-state index contributed by atoms with van der Waals surface area (Å²) in [5, 5.41) is 8.10. The Kier molecular flexibility index (Phi) is 14.4. The molecule has 0 rings (SSSR count). The minimum atomic E-state index is 0.200. The number of halogens is 3. The second-order valence-electron chi connectivity index (χ2n) is 3.30. The fourth-order valence-corrected chi connectivity index (χ4v) is 1.87. The molecular formula is C9H17Cl3O4. The molecule has 7 heteroatoms. The molecule has 0 spiro atoms. The second kappa shape index (κ2) is 13.8. The molecule has 0 aliphatic carbocycles. The van der Waals surface area contributed by atoms with Crippen LogP contribution in [0.1, 0.15) is 38.5 Å². The summed E-state index contributed by atoms with van der Waals surface area (Å²) in [5.74, 6) is 0.627. The Labute approximate surface area is 111 Å². The van der Waals surface area contributed by atoms with Gasteiger partial charge in [-0.1, -0.05) is 23.7 Å². The van der Waals surface area contributed by atoms with E-state index in [0.29, 0.717) is 12.5 Å². The molecule has 1 atom stereocenters. The van der Waals surface area contributed by atoms with E-state index in [1.807, 2.05) is 0 Å². The predicted octanol–water partition coefficient (Wildman–Crippen LogP) is 4.14. The molecule has 1 unspecified atom stereocenters. The van der Waals surface area contributed by atoms with Gasteiger partial charge in [0.15, 0.2) is 0 Å². The summed E-state index contributed by atoms with van der Waals surface area (Å²) in [6, 6.07) is 0. The Hall–Kier alpha value is 0.710. The van der Waals surface area contributed by atoms with E-state index in [-0.39, 0.29) is 5.38 Å². The molecule has 0 bridgehead atoms. The lowest BCUT2D eigenvalue weighted by molar-refractivity contribution is -0.608. The third kappa shape index (κ3) is 12.8. The Morgan fingerprint density at radius 1 is 0.938 bits per heavy atom. The van der Waals surface area contributed by atoms with E-state index in [0.717, 1.165) is 38.5 Å². The molecule has 0 aromatic heterocycles.